The number of rotatable bonds is 4. The molecule has 0 bridgehead atoms. The maximum atomic E-state index is 13.4. The third kappa shape index (κ3) is 3.54. The summed E-state index contributed by atoms with van der Waals surface area (Å²) in [6.45, 7) is 1.86. The van der Waals surface area contributed by atoms with E-state index in [1.807, 2.05) is 0 Å². The molecule has 0 aliphatic carbocycles. The fourth-order valence-corrected chi connectivity index (χ4v) is 4.26. The average molecular weight is 366 g/mol. The van der Waals surface area contributed by atoms with Crippen LogP contribution in [0.4, 0.5) is 14.5 Å². The van der Waals surface area contributed by atoms with Crippen LogP contribution in [0.1, 0.15) is 12.0 Å². The van der Waals surface area contributed by atoms with Gasteiger partial charge in [0, 0.05) is 12.2 Å². The minimum Gasteiger partial charge on any atom is -0.311 e. The summed E-state index contributed by atoms with van der Waals surface area (Å²) in [5, 5.41) is 0. The topological polar surface area (TPSA) is 66.5 Å². The number of hydrogen-bond donors (Lipinski definition) is 1. The zero-order chi connectivity index (χ0) is 18.2. The van der Waals surface area contributed by atoms with Gasteiger partial charge in [0.2, 0.25) is 15.9 Å². The van der Waals surface area contributed by atoms with Crippen molar-refractivity contribution >= 4 is 21.6 Å². The number of halogens is 2. The van der Waals surface area contributed by atoms with Gasteiger partial charge >= 0.3 is 0 Å². The predicted molar refractivity (Wildman–Crippen MR) is 88.6 cm³/mol. The summed E-state index contributed by atoms with van der Waals surface area (Å²) < 4.78 is 53.7. The minimum absolute atomic E-state index is 0.194. The number of carbonyl (C=O) groups excluding carboxylic acids is 1. The van der Waals surface area contributed by atoms with Crippen molar-refractivity contribution in [2.75, 3.05) is 11.4 Å². The van der Waals surface area contributed by atoms with E-state index in [1.54, 1.807) is 6.92 Å². The molecule has 2 aromatic carbocycles. The van der Waals surface area contributed by atoms with Crippen LogP contribution in [0.5, 0.6) is 0 Å². The molecule has 2 aromatic rings. The first-order chi connectivity index (χ1) is 11.8. The third-order valence-electron chi connectivity index (χ3n) is 4.08. The number of hydrogen-bond acceptors (Lipinski definition) is 3. The highest BCUT2D eigenvalue weighted by Crippen LogP contribution is 2.24. The van der Waals surface area contributed by atoms with Gasteiger partial charge in [-0.05, 0) is 55.3 Å². The number of benzene rings is 2. The Bertz CT molecular complexity index is 914. The normalized spacial score (nSPS) is 18.0. The lowest BCUT2D eigenvalue weighted by molar-refractivity contribution is -0.118. The monoisotopic (exact) mass is 366 g/mol. The predicted octanol–water partition coefficient (Wildman–Crippen LogP) is 2.36. The van der Waals surface area contributed by atoms with E-state index in [1.165, 1.54) is 41.3 Å². The van der Waals surface area contributed by atoms with Crippen molar-refractivity contribution in [3.05, 3.63) is 59.7 Å². The Kier molecular flexibility index (Phi) is 4.57. The molecule has 1 heterocycles. The van der Waals surface area contributed by atoms with Gasteiger partial charge in [-0.25, -0.2) is 17.2 Å². The van der Waals surface area contributed by atoms with Gasteiger partial charge in [0.25, 0.3) is 0 Å². The Morgan fingerprint density at radius 2 is 1.72 bits per heavy atom. The summed E-state index contributed by atoms with van der Waals surface area (Å²) in [6, 6.07) is 7.90. The zero-order valence-corrected chi connectivity index (χ0v) is 14.2. The molecule has 132 valence electrons. The first-order valence-corrected chi connectivity index (χ1v) is 9.12. The van der Waals surface area contributed by atoms with E-state index in [2.05, 4.69) is 4.72 Å². The van der Waals surface area contributed by atoms with E-state index >= 15 is 0 Å². The van der Waals surface area contributed by atoms with Crippen LogP contribution < -0.4 is 9.62 Å². The van der Waals surface area contributed by atoms with E-state index in [0.717, 1.165) is 6.07 Å². The summed E-state index contributed by atoms with van der Waals surface area (Å²) in [4.78, 5) is 13.7. The second-order valence-electron chi connectivity index (χ2n) is 5.84. The van der Waals surface area contributed by atoms with Crippen LogP contribution in [0.3, 0.4) is 0 Å². The van der Waals surface area contributed by atoms with Crippen molar-refractivity contribution in [1.29, 1.82) is 0 Å². The summed E-state index contributed by atoms with van der Waals surface area (Å²) in [5.74, 6) is -1.52. The van der Waals surface area contributed by atoms with Crippen LogP contribution in [-0.2, 0) is 14.8 Å². The Morgan fingerprint density at radius 3 is 2.40 bits per heavy atom. The Balaban J connectivity index is 1.80. The molecule has 1 amide bonds. The third-order valence-corrected chi connectivity index (χ3v) is 5.69. The molecule has 1 fully saturated rings. The van der Waals surface area contributed by atoms with Crippen LogP contribution >= 0.6 is 0 Å². The van der Waals surface area contributed by atoms with E-state index in [4.69, 9.17) is 0 Å². The molecule has 0 spiro atoms. The molecule has 8 heteroatoms. The number of amides is 1. The highest BCUT2D eigenvalue weighted by molar-refractivity contribution is 7.89. The standard InChI is InChI=1S/C17H16F2N2O3S/c1-11-2-3-13(19)10-16(11)25(23,24)20-15-8-9-21(17(15)22)14-6-4-12(18)5-7-14/h2-7,10,15,20H,8-9H2,1H3/t15-/m0/s1. The van der Waals surface area contributed by atoms with Crippen molar-refractivity contribution in [3.8, 4) is 0 Å². The molecule has 25 heavy (non-hydrogen) atoms. The number of anilines is 1. The largest absolute Gasteiger partial charge is 0.311 e. The lowest BCUT2D eigenvalue weighted by atomic mass is 10.2. The van der Waals surface area contributed by atoms with Crippen molar-refractivity contribution in [2.24, 2.45) is 0 Å². The van der Waals surface area contributed by atoms with Gasteiger partial charge in [0.15, 0.2) is 0 Å². The summed E-state index contributed by atoms with van der Waals surface area (Å²) >= 11 is 0. The first-order valence-electron chi connectivity index (χ1n) is 7.63. The van der Waals surface area contributed by atoms with Crippen LogP contribution in [0, 0.1) is 18.6 Å². The Hall–Kier alpha value is -2.32. The molecule has 1 aliphatic rings. The van der Waals surface area contributed by atoms with Crippen molar-refractivity contribution < 1.29 is 22.0 Å². The highest BCUT2D eigenvalue weighted by atomic mass is 32.2. The molecular weight excluding hydrogens is 350 g/mol. The van der Waals surface area contributed by atoms with Gasteiger partial charge in [-0.3, -0.25) is 4.79 Å². The van der Waals surface area contributed by atoms with Crippen molar-refractivity contribution in [2.45, 2.75) is 24.3 Å². The molecule has 1 atom stereocenters. The van der Waals surface area contributed by atoms with Crippen LogP contribution in [0.2, 0.25) is 0 Å². The number of nitrogens with one attached hydrogen (secondary N) is 1. The quantitative estimate of drug-likeness (QED) is 0.903. The number of nitrogens with zero attached hydrogens (tertiary/aromatic N) is 1. The SMILES string of the molecule is Cc1ccc(F)cc1S(=O)(=O)N[C@H]1CCN(c2ccc(F)cc2)C1=O. The number of aryl methyl sites for hydroxylation is 1. The number of carbonyl (C=O) groups is 1. The molecule has 0 radical (unpaired) electrons. The van der Waals surface area contributed by atoms with Gasteiger partial charge in [-0.2, -0.15) is 4.72 Å². The second-order valence-corrected chi connectivity index (χ2v) is 7.52. The lowest BCUT2D eigenvalue weighted by Gasteiger charge is -2.17. The van der Waals surface area contributed by atoms with E-state index in [-0.39, 0.29) is 11.3 Å². The smallest absolute Gasteiger partial charge is 0.245 e. The Labute approximate surface area is 144 Å². The summed E-state index contributed by atoms with van der Waals surface area (Å²) in [7, 11) is -4.04. The minimum atomic E-state index is -4.04. The van der Waals surface area contributed by atoms with Gasteiger partial charge in [-0.15, -0.1) is 0 Å². The molecular formula is C17H16F2N2O3S. The molecule has 0 aromatic heterocycles. The van der Waals surface area contributed by atoms with Gasteiger partial charge in [-0.1, -0.05) is 6.07 Å². The van der Waals surface area contributed by atoms with E-state index < -0.39 is 33.6 Å². The van der Waals surface area contributed by atoms with Crippen molar-refractivity contribution in [3.63, 3.8) is 0 Å². The Morgan fingerprint density at radius 1 is 1.08 bits per heavy atom. The van der Waals surface area contributed by atoms with Crippen LogP contribution in [0.25, 0.3) is 0 Å². The van der Waals surface area contributed by atoms with Gasteiger partial charge in [0.1, 0.15) is 17.7 Å². The molecule has 1 N–H and O–H groups in total. The van der Waals surface area contributed by atoms with Crippen LogP contribution in [-0.4, -0.2) is 26.9 Å². The van der Waals surface area contributed by atoms with Gasteiger partial charge < -0.3 is 4.90 Å². The maximum Gasteiger partial charge on any atom is 0.245 e. The highest BCUT2D eigenvalue weighted by Gasteiger charge is 2.36. The maximum absolute atomic E-state index is 13.4. The zero-order valence-electron chi connectivity index (χ0n) is 13.4. The molecule has 1 saturated heterocycles. The first kappa shape index (κ1) is 17.5. The molecule has 0 unspecified atom stereocenters. The molecule has 3 rings (SSSR count). The summed E-state index contributed by atoms with van der Waals surface area (Å²) in [6.07, 6.45) is 0.268. The van der Waals surface area contributed by atoms with Crippen molar-refractivity contribution in [1.82, 2.24) is 4.72 Å². The molecule has 0 saturated carbocycles. The summed E-state index contributed by atoms with van der Waals surface area (Å²) in [5.41, 5.74) is 0.879. The molecule has 1 aliphatic heterocycles. The van der Waals surface area contributed by atoms with E-state index in [0.29, 0.717) is 17.8 Å². The molecule has 5 nitrogen and oxygen atoms in total. The fraction of sp³-hybridized carbons (Fsp3) is 0.235. The number of sulfonamides is 1. The lowest BCUT2D eigenvalue weighted by Crippen LogP contribution is -2.41. The average Bonchev–Trinajstić information content (AvgIpc) is 2.91. The van der Waals surface area contributed by atoms with Gasteiger partial charge in [0.05, 0.1) is 4.90 Å². The van der Waals surface area contributed by atoms with E-state index in [9.17, 15) is 22.0 Å². The second kappa shape index (κ2) is 6.53. The van der Waals surface area contributed by atoms with Crippen LogP contribution in [0.15, 0.2) is 47.4 Å². The fourth-order valence-electron chi connectivity index (χ4n) is 2.78.